The van der Waals surface area contributed by atoms with Crippen LogP contribution in [0.1, 0.15) is 31.0 Å². The maximum absolute atomic E-state index is 13.9. The average molecular weight is 340 g/mol. The van der Waals surface area contributed by atoms with Crippen molar-refractivity contribution in [2.75, 3.05) is 6.61 Å². The van der Waals surface area contributed by atoms with E-state index in [1.54, 1.807) is 30.3 Å². The number of benzene rings is 2. The summed E-state index contributed by atoms with van der Waals surface area (Å²) in [4.78, 5) is 11.1. The van der Waals surface area contributed by atoms with Gasteiger partial charge in [0, 0.05) is 11.0 Å². The van der Waals surface area contributed by atoms with Crippen molar-refractivity contribution < 1.29 is 19.0 Å². The molecule has 1 unspecified atom stereocenters. The number of rotatable bonds is 2. The number of amides is 1. The SMILES string of the molecule is CC1(C)COc2cc(-c3ccc(C#N)c(F)c3)ccc2C1NC(=O)O. The van der Waals surface area contributed by atoms with Gasteiger partial charge in [0.15, 0.2) is 0 Å². The molecule has 0 saturated heterocycles. The summed E-state index contributed by atoms with van der Waals surface area (Å²) in [6, 6.07) is 11.2. The number of nitriles is 1. The molecule has 0 bridgehead atoms. The molecule has 128 valence electrons. The summed E-state index contributed by atoms with van der Waals surface area (Å²) in [6.45, 7) is 4.22. The number of nitrogens with one attached hydrogen (secondary N) is 1. The summed E-state index contributed by atoms with van der Waals surface area (Å²) < 4.78 is 19.7. The molecule has 0 spiro atoms. The van der Waals surface area contributed by atoms with Gasteiger partial charge < -0.3 is 15.2 Å². The predicted molar refractivity (Wildman–Crippen MR) is 89.7 cm³/mol. The monoisotopic (exact) mass is 340 g/mol. The Morgan fingerprint density at radius 3 is 2.64 bits per heavy atom. The summed E-state index contributed by atoms with van der Waals surface area (Å²) in [5.41, 5.74) is 1.70. The van der Waals surface area contributed by atoms with Gasteiger partial charge in [0.2, 0.25) is 0 Å². The standard InChI is InChI=1S/C19H17FN2O3/c1-19(2)10-25-16-8-12(5-6-14(16)17(19)22-18(23)24)11-3-4-13(9-21)15(20)7-11/h3-8,17,22H,10H2,1-2H3,(H,23,24). The fourth-order valence-electron chi connectivity index (χ4n) is 3.03. The van der Waals surface area contributed by atoms with E-state index in [-0.39, 0.29) is 5.56 Å². The van der Waals surface area contributed by atoms with Crippen molar-refractivity contribution in [2.45, 2.75) is 19.9 Å². The average Bonchev–Trinajstić information content (AvgIpc) is 2.57. The Morgan fingerprint density at radius 2 is 2.00 bits per heavy atom. The van der Waals surface area contributed by atoms with Crippen LogP contribution in [0.25, 0.3) is 11.1 Å². The minimum Gasteiger partial charge on any atom is -0.493 e. The number of carboxylic acid groups (broad SMARTS) is 1. The fraction of sp³-hybridized carbons (Fsp3) is 0.263. The summed E-state index contributed by atoms with van der Waals surface area (Å²) in [5.74, 6) is -0.00876. The molecule has 0 fully saturated rings. The molecule has 0 aliphatic carbocycles. The number of ether oxygens (including phenoxy) is 1. The van der Waals surface area contributed by atoms with E-state index in [0.29, 0.717) is 17.9 Å². The Morgan fingerprint density at radius 1 is 1.32 bits per heavy atom. The van der Waals surface area contributed by atoms with Crippen molar-refractivity contribution in [3.05, 3.63) is 53.3 Å². The molecular weight excluding hydrogens is 323 g/mol. The molecule has 3 rings (SSSR count). The molecular formula is C19H17FN2O3. The molecule has 1 heterocycles. The molecule has 2 N–H and O–H groups in total. The van der Waals surface area contributed by atoms with E-state index >= 15 is 0 Å². The van der Waals surface area contributed by atoms with Gasteiger partial charge in [-0.3, -0.25) is 0 Å². The third-order valence-electron chi connectivity index (χ3n) is 4.40. The number of nitrogens with zero attached hydrogens (tertiary/aromatic N) is 1. The molecule has 1 aliphatic rings. The van der Waals surface area contributed by atoms with Crippen LogP contribution < -0.4 is 10.1 Å². The van der Waals surface area contributed by atoms with Crippen LogP contribution in [0.15, 0.2) is 36.4 Å². The Hall–Kier alpha value is -3.07. The summed E-state index contributed by atoms with van der Waals surface area (Å²) in [5, 5.41) is 20.5. The minimum atomic E-state index is -1.09. The number of carbonyl (C=O) groups is 1. The highest BCUT2D eigenvalue weighted by Crippen LogP contribution is 2.44. The second kappa shape index (κ2) is 6.10. The first-order chi connectivity index (χ1) is 11.8. The van der Waals surface area contributed by atoms with Crippen molar-refractivity contribution in [2.24, 2.45) is 5.41 Å². The molecule has 0 radical (unpaired) electrons. The molecule has 25 heavy (non-hydrogen) atoms. The largest absolute Gasteiger partial charge is 0.493 e. The van der Waals surface area contributed by atoms with Gasteiger partial charge in [-0.25, -0.2) is 9.18 Å². The Balaban J connectivity index is 2.02. The molecule has 1 atom stereocenters. The molecule has 5 nitrogen and oxygen atoms in total. The molecule has 1 aliphatic heterocycles. The Labute approximate surface area is 144 Å². The normalized spacial score (nSPS) is 17.8. The van der Waals surface area contributed by atoms with E-state index in [1.807, 2.05) is 13.8 Å². The van der Waals surface area contributed by atoms with E-state index in [2.05, 4.69) is 5.32 Å². The summed E-state index contributed by atoms with van der Waals surface area (Å²) in [7, 11) is 0. The van der Waals surface area contributed by atoms with Crippen molar-refractivity contribution in [3.63, 3.8) is 0 Å². The van der Waals surface area contributed by atoms with Gasteiger partial charge in [-0.15, -0.1) is 0 Å². The Kier molecular flexibility index (Phi) is 4.09. The summed E-state index contributed by atoms with van der Waals surface area (Å²) >= 11 is 0. The molecule has 0 aromatic heterocycles. The van der Waals surface area contributed by atoms with Gasteiger partial charge in [0.1, 0.15) is 17.6 Å². The zero-order valence-corrected chi connectivity index (χ0v) is 13.8. The minimum absolute atomic E-state index is 0.00886. The first kappa shape index (κ1) is 16.8. The predicted octanol–water partition coefficient (Wildman–Crippen LogP) is 4.09. The number of hydrogen-bond acceptors (Lipinski definition) is 3. The number of halogens is 1. The van der Waals surface area contributed by atoms with Crippen LogP contribution in [0.3, 0.4) is 0 Å². The molecule has 1 amide bonds. The van der Waals surface area contributed by atoms with Gasteiger partial charge in [-0.1, -0.05) is 32.0 Å². The highest BCUT2D eigenvalue weighted by atomic mass is 19.1. The van der Waals surface area contributed by atoms with E-state index in [1.165, 1.54) is 12.1 Å². The third-order valence-corrected chi connectivity index (χ3v) is 4.40. The topological polar surface area (TPSA) is 82.3 Å². The molecule has 0 saturated carbocycles. The van der Waals surface area contributed by atoms with E-state index in [9.17, 15) is 9.18 Å². The second-order valence-corrected chi connectivity index (χ2v) is 6.72. The quantitative estimate of drug-likeness (QED) is 0.862. The highest BCUT2D eigenvalue weighted by Gasteiger charge is 2.38. The van der Waals surface area contributed by atoms with Gasteiger partial charge in [-0.2, -0.15) is 5.26 Å². The van der Waals surface area contributed by atoms with Crippen molar-refractivity contribution in [1.82, 2.24) is 5.32 Å². The number of hydrogen-bond donors (Lipinski definition) is 2. The lowest BCUT2D eigenvalue weighted by atomic mass is 9.78. The Bertz CT molecular complexity index is 887. The van der Waals surface area contributed by atoms with Crippen LogP contribution in [0.2, 0.25) is 0 Å². The van der Waals surface area contributed by atoms with Crippen molar-refractivity contribution >= 4 is 6.09 Å². The lowest BCUT2D eigenvalue weighted by molar-refractivity contribution is 0.0996. The van der Waals surface area contributed by atoms with Crippen LogP contribution >= 0.6 is 0 Å². The highest BCUT2D eigenvalue weighted by molar-refractivity contribution is 5.69. The maximum Gasteiger partial charge on any atom is 0.405 e. The first-order valence-electron chi connectivity index (χ1n) is 7.78. The van der Waals surface area contributed by atoms with E-state index < -0.39 is 23.4 Å². The number of fused-ring (bicyclic) bond motifs is 1. The zero-order valence-electron chi connectivity index (χ0n) is 13.8. The van der Waals surface area contributed by atoms with Crippen LogP contribution in [-0.4, -0.2) is 17.8 Å². The van der Waals surface area contributed by atoms with Gasteiger partial charge in [-0.05, 0) is 29.3 Å². The zero-order chi connectivity index (χ0) is 18.2. The van der Waals surface area contributed by atoms with Gasteiger partial charge in [0.25, 0.3) is 0 Å². The maximum atomic E-state index is 13.9. The second-order valence-electron chi connectivity index (χ2n) is 6.72. The van der Waals surface area contributed by atoms with Crippen molar-refractivity contribution in [3.8, 4) is 22.9 Å². The van der Waals surface area contributed by atoms with Crippen LogP contribution in [-0.2, 0) is 0 Å². The third kappa shape index (κ3) is 3.13. The smallest absolute Gasteiger partial charge is 0.405 e. The fourth-order valence-corrected chi connectivity index (χ4v) is 3.03. The van der Waals surface area contributed by atoms with Crippen LogP contribution in [0, 0.1) is 22.6 Å². The lowest BCUT2D eigenvalue weighted by Crippen LogP contribution is -2.43. The van der Waals surface area contributed by atoms with Crippen molar-refractivity contribution in [1.29, 1.82) is 5.26 Å². The van der Waals surface area contributed by atoms with Gasteiger partial charge >= 0.3 is 6.09 Å². The van der Waals surface area contributed by atoms with Crippen LogP contribution in [0.4, 0.5) is 9.18 Å². The molecule has 2 aromatic rings. The van der Waals surface area contributed by atoms with E-state index in [0.717, 1.165) is 11.1 Å². The lowest BCUT2D eigenvalue weighted by Gasteiger charge is -2.39. The van der Waals surface area contributed by atoms with E-state index in [4.69, 9.17) is 15.1 Å². The molecule has 2 aromatic carbocycles. The van der Waals surface area contributed by atoms with Crippen LogP contribution in [0.5, 0.6) is 5.75 Å². The first-order valence-corrected chi connectivity index (χ1v) is 7.78. The summed E-state index contributed by atoms with van der Waals surface area (Å²) in [6.07, 6.45) is -1.09. The molecule has 6 heteroatoms. The van der Waals surface area contributed by atoms with Gasteiger partial charge in [0.05, 0.1) is 18.2 Å².